The van der Waals surface area contributed by atoms with Gasteiger partial charge in [-0.05, 0) is 64.1 Å². The van der Waals surface area contributed by atoms with Crippen molar-refractivity contribution in [3.8, 4) is 11.5 Å². The van der Waals surface area contributed by atoms with E-state index >= 15 is 0 Å². The van der Waals surface area contributed by atoms with Crippen molar-refractivity contribution in [1.82, 2.24) is 10.6 Å². The first kappa shape index (κ1) is 25.0. The van der Waals surface area contributed by atoms with Gasteiger partial charge in [0.2, 0.25) is 0 Å². The van der Waals surface area contributed by atoms with Gasteiger partial charge in [0, 0.05) is 22.7 Å². The Morgan fingerprint density at radius 2 is 1.59 bits per heavy atom. The lowest BCUT2D eigenvalue weighted by atomic mass is 10.1. The highest BCUT2D eigenvalue weighted by Gasteiger charge is 2.17. The van der Waals surface area contributed by atoms with Gasteiger partial charge in [-0.3, -0.25) is 14.4 Å². The van der Waals surface area contributed by atoms with Crippen LogP contribution in [0.3, 0.4) is 0 Å². The van der Waals surface area contributed by atoms with E-state index in [-0.39, 0.29) is 41.8 Å². The zero-order valence-corrected chi connectivity index (χ0v) is 19.5. The molecule has 0 spiro atoms. The second kappa shape index (κ2) is 11.4. The first-order chi connectivity index (χ1) is 15.1. The number of carbonyl (C=O) groups excluding carboxylic acids is 3. The number of hydrogen-bond acceptors (Lipinski definition) is 5. The Morgan fingerprint density at radius 3 is 2.22 bits per heavy atom. The number of halogens is 1. The molecule has 3 amide bonds. The van der Waals surface area contributed by atoms with E-state index in [0.717, 1.165) is 0 Å². The summed E-state index contributed by atoms with van der Waals surface area (Å²) in [7, 11) is 1.43. The molecule has 2 rings (SSSR count). The normalized spacial score (nSPS) is 10.6. The molecule has 3 N–H and O–H groups in total. The lowest BCUT2D eigenvalue weighted by molar-refractivity contribution is -0.123. The van der Waals surface area contributed by atoms with Crippen LogP contribution in [0.1, 0.15) is 48.4 Å². The van der Waals surface area contributed by atoms with Crippen molar-refractivity contribution in [1.29, 1.82) is 0 Å². The maximum atomic E-state index is 12.8. The Balaban J connectivity index is 2.19. The summed E-state index contributed by atoms with van der Waals surface area (Å²) < 4.78 is 10.8. The lowest BCUT2D eigenvalue weighted by Crippen LogP contribution is -2.34. The highest BCUT2D eigenvalue weighted by atomic mass is 35.5. The van der Waals surface area contributed by atoms with Gasteiger partial charge in [0.05, 0.1) is 18.4 Å². The van der Waals surface area contributed by atoms with E-state index < -0.39 is 5.91 Å². The van der Waals surface area contributed by atoms with Gasteiger partial charge in [-0.25, -0.2) is 0 Å². The van der Waals surface area contributed by atoms with E-state index in [2.05, 4.69) is 16.0 Å². The fourth-order valence-corrected chi connectivity index (χ4v) is 2.96. The number of carbonyl (C=O) groups is 3. The molecule has 9 heteroatoms. The first-order valence-corrected chi connectivity index (χ1v) is 10.5. The molecule has 0 aliphatic heterocycles. The van der Waals surface area contributed by atoms with Crippen LogP contribution in [0.25, 0.3) is 0 Å². The van der Waals surface area contributed by atoms with Crippen LogP contribution >= 0.6 is 11.6 Å². The Labute approximate surface area is 192 Å². The molecule has 2 aromatic carbocycles. The summed E-state index contributed by atoms with van der Waals surface area (Å²) >= 11 is 6.06. The number of benzene rings is 2. The minimum atomic E-state index is -0.465. The Bertz CT molecular complexity index is 992. The molecule has 0 unspecified atom stereocenters. The molecule has 0 aliphatic rings. The minimum Gasteiger partial charge on any atom is -0.493 e. The van der Waals surface area contributed by atoms with Gasteiger partial charge in [-0.15, -0.1) is 0 Å². The molecule has 0 saturated carbocycles. The van der Waals surface area contributed by atoms with Crippen molar-refractivity contribution in [2.24, 2.45) is 0 Å². The van der Waals surface area contributed by atoms with Crippen LogP contribution in [-0.2, 0) is 4.79 Å². The van der Waals surface area contributed by atoms with Gasteiger partial charge < -0.3 is 25.4 Å². The SMILES string of the molecule is COc1cc(C(=O)Nc2cc(Cl)ccc2C(=O)NC(C)C)ccc1OCC(=O)NC(C)C. The summed E-state index contributed by atoms with van der Waals surface area (Å²) in [5.41, 5.74) is 0.848. The largest absolute Gasteiger partial charge is 0.493 e. The molecule has 172 valence electrons. The molecule has 0 atom stereocenters. The smallest absolute Gasteiger partial charge is 0.258 e. The van der Waals surface area contributed by atoms with E-state index in [1.165, 1.54) is 25.3 Å². The van der Waals surface area contributed by atoms with Crippen LogP contribution in [0.2, 0.25) is 5.02 Å². The van der Waals surface area contributed by atoms with E-state index in [9.17, 15) is 14.4 Å². The quantitative estimate of drug-likeness (QED) is 0.528. The molecule has 8 nitrogen and oxygen atoms in total. The van der Waals surface area contributed by atoms with Gasteiger partial charge in [-0.1, -0.05) is 11.6 Å². The number of anilines is 1. The Morgan fingerprint density at radius 1 is 0.906 bits per heavy atom. The molecule has 32 heavy (non-hydrogen) atoms. The minimum absolute atomic E-state index is 0.00179. The van der Waals surface area contributed by atoms with Crippen molar-refractivity contribution in [2.75, 3.05) is 19.0 Å². The molecule has 0 radical (unpaired) electrons. The van der Waals surface area contributed by atoms with Crippen molar-refractivity contribution in [3.05, 3.63) is 52.5 Å². The predicted molar refractivity (Wildman–Crippen MR) is 124 cm³/mol. The van der Waals surface area contributed by atoms with Crippen molar-refractivity contribution >= 4 is 35.0 Å². The van der Waals surface area contributed by atoms with Gasteiger partial charge in [0.25, 0.3) is 17.7 Å². The molecular weight excluding hydrogens is 434 g/mol. The van der Waals surface area contributed by atoms with Gasteiger partial charge in [0.15, 0.2) is 18.1 Å². The zero-order valence-electron chi connectivity index (χ0n) is 18.7. The number of amides is 3. The third kappa shape index (κ3) is 7.16. The number of nitrogens with one attached hydrogen (secondary N) is 3. The van der Waals surface area contributed by atoms with E-state index in [0.29, 0.717) is 22.1 Å². The van der Waals surface area contributed by atoms with Gasteiger partial charge in [0.1, 0.15) is 0 Å². The van der Waals surface area contributed by atoms with Gasteiger partial charge in [-0.2, -0.15) is 0 Å². The molecular formula is C23H28ClN3O5. The summed E-state index contributed by atoms with van der Waals surface area (Å²) in [6.45, 7) is 7.20. The maximum Gasteiger partial charge on any atom is 0.258 e. The van der Waals surface area contributed by atoms with Crippen molar-refractivity contribution < 1.29 is 23.9 Å². The Hall–Kier alpha value is -3.26. The van der Waals surface area contributed by atoms with Crippen LogP contribution in [0.15, 0.2) is 36.4 Å². The molecule has 0 heterocycles. The molecule has 0 aliphatic carbocycles. The van der Waals surface area contributed by atoms with Crippen molar-refractivity contribution in [2.45, 2.75) is 39.8 Å². The average molecular weight is 462 g/mol. The highest BCUT2D eigenvalue weighted by Crippen LogP contribution is 2.29. The molecule has 0 bridgehead atoms. The van der Waals surface area contributed by atoms with E-state index in [1.807, 2.05) is 27.7 Å². The topological polar surface area (TPSA) is 106 Å². The number of methoxy groups -OCH3 is 1. The molecule has 2 aromatic rings. The standard InChI is InChI=1S/C23H28ClN3O5/c1-13(2)25-21(28)12-32-19-9-6-15(10-20(19)31-5)22(29)27-18-11-16(24)7-8-17(18)23(30)26-14(3)4/h6-11,13-14H,12H2,1-5H3,(H,25,28)(H,26,30)(H,27,29). The highest BCUT2D eigenvalue weighted by molar-refractivity contribution is 6.31. The third-order valence-corrected chi connectivity index (χ3v) is 4.36. The molecule has 0 saturated heterocycles. The van der Waals surface area contributed by atoms with Crippen LogP contribution < -0.4 is 25.4 Å². The van der Waals surface area contributed by atoms with Crippen LogP contribution in [0.4, 0.5) is 5.69 Å². The summed E-state index contributed by atoms with van der Waals surface area (Å²) in [6.07, 6.45) is 0. The van der Waals surface area contributed by atoms with Gasteiger partial charge >= 0.3 is 0 Å². The second-order valence-corrected chi connectivity index (χ2v) is 8.09. The average Bonchev–Trinajstić information content (AvgIpc) is 2.71. The summed E-state index contributed by atoms with van der Waals surface area (Å²) in [4.78, 5) is 37.1. The van der Waals surface area contributed by atoms with E-state index in [1.54, 1.807) is 18.2 Å². The fourth-order valence-electron chi connectivity index (χ4n) is 2.79. The summed E-state index contributed by atoms with van der Waals surface area (Å²) in [5.74, 6) is -0.445. The maximum absolute atomic E-state index is 12.8. The number of ether oxygens (including phenoxy) is 2. The van der Waals surface area contributed by atoms with Crippen LogP contribution in [0, 0.1) is 0 Å². The van der Waals surface area contributed by atoms with Crippen LogP contribution in [0.5, 0.6) is 11.5 Å². The third-order valence-electron chi connectivity index (χ3n) is 4.13. The number of rotatable bonds is 9. The van der Waals surface area contributed by atoms with Crippen LogP contribution in [-0.4, -0.2) is 43.5 Å². The first-order valence-electron chi connectivity index (χ1n) is 10.1. The lowest BCUT2D eigenvalue weighted by Gasteiger charge is -2.15. The predicted octanol–water partition coefficient (Wildman–Crippen LogP) is 3.64. The molecule has 0 fully saturated rings. The summed E-state index contributed by atoms with van der Waals surface area (Å²) in [5, 5.41) is 8.61. The van der Waals surface area contributed by atoms with E-state index in [4.69, 9.17) is 21.1 Å². The fraction of sp³-hybridized carbons (Fsp3) is 0.348. The molecule has 0 aromatic heterocycles. The summed E-state index contributed by atoms with van der Waals surface area (Å²) in [6, 6.07) is 9.14. The van der Waals surface area contributed by atoms with Crippen molar-refractivity contribution in [3.63, 3.8) is 0 Å². The Kier molecular flexibility index (Phi) is 8.90. The zero-order chi connectivity index (χ0) is 23.8. The second-order valence-electron chi connectivity index (χ2n) is 7.65. The number of hydrogen-bond donors (Lipinski definition) is 3. The monoisotopic (exact) mass is 461 g/mol.